The molecule has 0 aromatic heterocycles. The van der Waals surface area contributed by atoms with Gasteiger partial charge in [-0.05, 0) is 32.1 Å². The molecule has 0 saturated heterocycles. The number of fused-ring (bicyclic) bond motifs is 1. The fourth-order valence-electron chi connectivity index (χ4n) is 2.67. The molecule has 0 amide bonds. The highest BCUT2D eigenvalue weighted by atomic mass is 16.5. The maximum Gasteiger partial charge on any atom is 0.142 e. The quantitative estimate of drug-likeness (QED) is 0.835. The van der Waals surface area contributed by atoms with Crippen molar-refractivity contribution < 1.29 is 4.74 Å². The van der Waals surface area contributed by atoms with Crippen LogP contribution >= 0.6 is 0 Å². The lowest BCUT2D eigenvalue weighted by Crippen LogP contribution is -2.44. The Balaban J connectivity index is 1.91. The minimum Gasteiger partial charge on any atom is -0.485 e. The van der Waals surface area contributed by atoms with Gasteiger partial charge in [0.2, 0.25) is 0 Å². The summed E-state index contributed by atoms with van der Waals surface area (Å²) in [6, 6.07) is 8.18. The lowest BCUT2D eigenvalue weighted by Gasteiger charge is -2.33. The molecule has 0 fully saturated rings. The van der Waals surface area contributed by atoms with E-state index in [2.05, 4.69) is 49.1 Å². The highest BCUT2D eigenvalue weighted by Crippen LogP contribution is 2.28. The minimum absolute atomic E-state index is 0.223. The first-order valence-corrected chi connectivity index (χ1v) is 7.91. The summed E-state index contributed by atoms with van der Waals surface area (Å²) >= 11 is 0. The van der Waals surface area contributed by atoms with Gasteiger partial charge in [0.15, 0.2) is 0 Å². The fraction of sp³-hybridized carbons (Fsp3) is 0.647. The van der Waals surface area contributed by atoms with Crippen LogP contribution in [0.4, 0.5) is 5.69 Å². The van der Waals surface area contributed by atoms with Crippen molar-refractivity contribution in [1.29, 1.82) is 0 Å². The molecule has 2 rings (SSSR count). The summed E-state index contributed by atoms with van der Waals surface area (Å²) < 4.78 is 6.13. The Morgan fingerprint density at radius 2 is 2.00 bits per heavy atom. The Bertz CT molecular complexity index is 434. The molecule has 0 saturated carbocycles. The van der Waals surface area contributed by atoms with Crippen LogP contribution in [-0.4, -0.2) is 62.7 Å². The van der Waals surface area contributed by atoms with Gasteiger partial charge >= 0.3 is 0 Å². The molecule has 4 heteroatoms. The Hall–Kier alpha value is -1.26. The molecule has 1 unspecified atom stereocenters. The number of hydrogen-bond acceptors (Lipinski definition) is 4. The van der Waals surface area contributed by atoms with E-state index in [1.165, 1.54) is 0 Å². The van der Waals surface area contributed by atoms with E-state index in [4.69, 9.17) is 4.74 Å². The highest BCUT2D eigenvalue weighted by molar-refractivity contribution is 5.57. The molecule has 0 radical (unpaired) electrons. The summed E-state index contributed by atoms with van der Waals surface area (Å²) in [6.45, 7) is 9.71. The van der Waals surface area contributed by atoms with Crippen LogP contribution < -0.4 is 10.1 Å². The second kappa shape index (κ2) is 7.66. The number of ether oxygens (including phenoxy) is 1. The van der Waals surface area contributed by atoms with Crippen molar-refractivity contribution in [2.45, 2.75) is 20.0 Å². The van der Waals surface area contributed by atoms with Gasteiger partial charge in [0.05, 0.1) is 12.2 Å². The van der Waals surface area contributed by atoms with Crippen molar-refractivity contribution in [1.82, 2.24) is 9.80 Å². The van der Waals surface area contributed by atoms with Crippen LogP contribution in [0, 0.1) is 5.92 Å². The minimum atomic E-state index is 0.223. The lowest BCUT2D eigenvalue weighted by molar-refractivity contribution is 0.121. The van der Waals surface area contributed by atoms with E-state index in [1.807, 2.05) is 18.2 Å². The largest absolute Gasteiger partial charge is 0.485 e. The molecule has 4 nitrogen and oxygen atoms in total. The molecular weight excluding hydrogens is 262 g/mol. The first kappa shape index (κ1) is 16.1. The zero-order valence-corrected chi connectivity index (χ0v) is 13.8. The van der Waals surface area contributed by atoms with Crippen molar-refractivity contribution >= 4 is 5.69 Å². The molecule has 0 bridgehead atoms. The van der Waals surface area contributed by atoms with Crippen molar-refractivity contribution in [2.24, 2.45) is 5.92 Å². The molecule has 1 atom stereocenters. The smallest absolute Gasteiger partial charge is 0.142 e. The molecule has 0 spiro atoms. The van der Waals surface area contributed by atoms with E-state index in [9.17, 15) is 0 Å². The average molecular weight is 291 g/mol. The average Bonchev–Trinajstić information content (AvgIpc) is 2.44. The third-order valence-electron chi connectivity index (χ3n) is 3.65. The van der Waals surface area contributed by atoms with Gasteiger partial charge in [-0.3, -0.25) is 4.90 Å². The molecule has 1 heterocycles. The van der Waals surface area contributed by atoms with Crippen LogP contribution in [0.3, 0.4) is 0 Å². The molecule has 1 aromatic carbocycles. The van der Waals surface area contributed by atoms with E-state index in [-0.39, 0.29) is 6.10 Å². The van der Waals surface area contributed by atoms with Gasteiger partial charge in [-0.25, -0.2) is 0 Å². The van der Waals surface area contributed by atoms with E-state index in [1.54, 1.807) is 0 Å². The monoisotopic (exact) mass is 291 g/mol. The van der Waals surface area contributed by atoms with E-state index >= 15 is 0 Å². The summed E-state index contributed by atoms with van der Waals surface area (Å²) in [5.74, 6) is 1.65. The molecule has 1 aliphatic rings. The predicted octanol–water partition coefficient (Wildman–Crippen LogP) is 2.38. The summed E-state index contributed by atoms with van der Waals surface area (Å²) in [5.41, 5.74) is 1.11. The third-order valence-corrected chi connectivity index (χ3v) is 3.65. The summed E-state index contributed by atoms with van der Waals surface area (Å²) in [6.07, 6.45) is 0.223. The Morgan fingerprint density at radius 1 is 1.24 bits per heavy atom. The molecular formula is C17H29N3O. The third kappa shape index (κ3) is 5.21. The summed E-state index contributed by atoms with van der Waals surface area (Å²) in [7, 11) is 4.25. The van der Waals surface area contributed by atoms with Crippen LogP contribution in [0.5, 0.6) is 5.75 Å². The van der Waals surface area contributed by atoms with Gasteiger partial charge in [0.1, 0.15) is 11.9 Å². The predicted molar refractivity (Wildman–Crippen MR) is 89.2 cm³/mol. The Kier molecular flexibility index (Phi) is 5.88. The van der Waals surface area contributed by atoms with Gasteiger partial charge in [-0.15, -0.1) is 0 Å². The van der Waals surface area contributed by atoms with E-state index in [0.717, 1.165) is 44.2 Å². The van der Waals surface area contributed by atoms with Crippen molar-refractivity contribution in [2.75, 3.05) is 52.1 Å². The number of benzene rings is 1. The number of nitrogens with one attached hydrogen (secondary N) is 1. The number of anilines is 1. The van der Waals surface area contributed by atoms with Crippen LogP contribution in [0.25, 0.3) is 0 Å². The number of hydrogen-bond donors (Lipinski definition) is 1. The second-order valence-electron chi connectivity index (χ2n) is 6.57. The van der Waals surface area contributed by atoms with Gasteiger partial charge < -0.3 is 15.0 Å². The topological polar surface area (TPSA) is 27.7 Å². The van der Waals surface area contributed by atoms with Gasteiger partial charge in [-0.2, -0.15) is 0 Å². The maximum atomic E-state index is 6.13. The van der Waals surface area contributed by atoms with E-state index < -0.39 is 0 Å². The van der Waals surface area contributed by atoms with Crippen molar-refractivity contribution in [3.63, 3.8) is 0 Å². The molecule has 21 heavy (non-hydrogen) atoms. The molecule has 1 N–H and O–H groups in total. The number of likely N-dealkylation sites (N-methyl/N-ethyl adjacent to an activating group) is 1. The molecule has 0 aliphatic carbocycles. The van der Waals surface area contributed by atoms with Crippen molar-refractivity contribution in [3.8, 4) is 5.75 Å². The first-order valence-electron chi connectivity index (χ1n) is 7.91. The Labute approximate surface area is 129 Å². The lowest BCUT2D eigenvalue weighted by atomic mass is 10.1. The van der Waals surface area contributed by atoms with Crippen LogP contribution in [-0.2, 0) is 0 Å². The summed E-state index contributed by atoms with van der Waals surface area (Å²) in [4.78, 5) is 4.76. The number of para-hydroxylation sites is 2. The SMILES string of the molecule is CC(C)CN(CCN(C)C)CC1CNc2ccccc2O1. The molecule has 1 aliphatic heterocycles. The zero-order valence-electron chi connectivity index (χ0n) is 13.8. The molecule has 1 aromatic rings. The standard InChI is InChI=1S/C17H29N3O/c1-14(2)12-20(10-9-19(3)4)13-15-11-18-16-7-5-6-8-17(16)21-15/h5-8,14-15,18H,9-13H2,1-4H3. The van der Waals surface area contributed by atoms with Gasteiger partial charge in [0, 0.05) is 26.2 Å². The first-order chi connectivity index (χ1) is 10.0. The van der Waals surface area contributed by atoms with Crippen molar-refractivity contribution in [3.05, 3.63) is 24.3 Å². The number of nitrogens with zero attached hydrogens (tertiary/aromatic N) is 2. The zero-order chi connectivity index (χ0) is 15.2. The second-order valence-corrected chi connectivity index (χ2v) is 6.57. The van der Waals surface area contributed by atoms with Gasteiger partial charge in [0.25, 0.3) is 0 Å². The Morgan fingerprint density at radius 3 is 2.71 bits per heavy atom. The molecule has 118 valence electrons. The van der Waals surface area contributed by atoms with Crippen LogP contribution in [0.15, 0.2) is 24.3 Å². The van der Waals surface area contributed by atoms with E-state index in [0.29, 0.717) is 5.92 Å². The van der Waals surface area contributed by atoms with Gasteiger partial charge in [-0.1, -0.05) is 26.0 Å². The van der Waals surface area contributed by atoms with Crippen LogP contribution in [0.1, 0.15) is 13.8 Å². The fourth-order valence-corrected chi connectivity index (χ4v) is 2.67. The number of rotatable bonds is 7. The summed E-state index contributed by atoms with van der Waals surface area (Å²) in [5, 5.41) is 3.47. The highest BCUT2D eigenvalue weighted by Gasteiger charge is 2.21. The normalized spacial score (nSPS) is 17.8. The van der Waals surface area contributed by atoms with Crippen LogP contribution in [0.2, 0.25) is 0 Å². The maximum absolute atomic E-state index is 6.13.